The van der Waals surface area contributed by atoms with Crippen LogP contribution in [0.5, 0.6) is 17.2 Å². The summed E-state index contributed by atoms with van der Waals surface area (Å²) in [6.45, 7) is 4.45. The molecule has 0 atom stereocenters. The van der Waals surface area contributed by atoms with E-state index in [-0.39, 0.29) is 5.41 Å². The van der Waals surface area contributed by atoms with Crippen molar-refractivity contribution in [3.8, 4) is 17.2 Å². The topological polar surface area (TPSA) is 27.7 Å². The van der Waals surface area contributed by atoms with Crippen molar-refractivity contribution in [1.82, 2.24) is 0 Å². The second kappa shape index (κ2) is 10.2. The van der Waals surface area contributed by atoms with E-state index < -0.39 is 21.6 Å². The SMILES string of the molecule is CC(C)([CH2][Zr]([O]c1ccccc1)([O]c1ccccc1)[O]c1ccccc1)c1ccccc1. The van der Waals surface area contributed by atoms with Crippen molar-refractivity contribution in [3.05, 3.63) is 127 Å². The van der Waals surface area contributed by atoms with Crippen LogP contribution in [0.1, 0.15) is 19.4 Å². The first-order valence-electron chi connectivity index (χ1n) is 10.8. The number of hydrogen-bond acceptors (Lipinski definition) is 3. The van der Waals surface area contributed by atoms with E-state index in [9.17, 15) is 0 Å². The molecule has 162 valence electrons. The molecule has 0 fully saturated rings. The molecule has 0 bridgehead atoms. The summed E-state index contributed by atoms with van der Waals surface area (Å²) in [6.07, 6.45) is 0. The zero-order chi connectivity index (χ0) is 22.3. The molecule has 0 saturated heterocycles. The molecule has 32 heavy (non-hydrogen) atoms. The number of rotatable bonds is 9. The molecule has 0 unspecified atom stereocenters. The molecule has 0 radical (unpaired) electrons. The van der Waals surface area contributed by atoms with Crippen LogP contribution in [0.25, 0.3) is 0 Å². The van der Waals surface area contributed by atoms with Gasteiger partial charge < -0.3 is 0 Å². The van der Waals surface area contributed by atoms with Crippen LogP contribution >= 0.6 is 0 Å². The summed E-state index contributed by atoms with van der Waals surface area (Å²) >= 11 is -4.33. The Kier molecular flexibility index (Phi) is 7.12. The van der Waals surface area contributed by atoms with Gasteiger partial charge in [-0.3, -0.25) is 0 Å². The van der Waals surface area contributed by atoms with Gasteiger partial charge in [0, 0.05) is 0 Å². The van der Waals surface area contributed by atoms with E-state index in [1.165, 1.54) is 5.56 Å². The van der Waals surface area contributed by atoms with Crippen LogP contribution in [0.4, 0.5) is 0 Å². The van der Waals surface area contributed by atoms with Crippen LogP contribution in [0.2, 0.25) is 4.13 Å². The predicted molar refractivity (Wildman–Crippen MR) is 125 cm³/mol. The second-order valence-corrected chi connectivity index (χ2v) is 14.1. The van der Waals surface area contributed by atoms with E-state index in [4.69, 9.17) is 8.44 Å². The van der Waals surface area contributed by atoms with E-state index >= 15 is 0 Å². The molecule has 4 rings (SSSR count). The minimum atomic E-state index is -4.33. The number of benzene rings is 4. The summed E-state index contributed by atoms with van der Waals surface area (Å²) in [5.74, 6) is 2.29. The first-order chi connectivity index (χ1) is 15.5. The number of hydrogen-bond donors (Lipinski definition) is 0. The molecule has 0 aliphatic rings. The fourth-order valence-corrected chi connectivity index (χ4v) is 11.4. The molecule has 4 aromatic rings. The molecular formula is C28H28O3Zr. The van der Waals surface area contributed by atoms with Crippen molar-refractivity contribution in [1.29, 1.82) is 0 Å². The molecule has 4 aromatic carbocycles. The van der Waals surface area contributed by atoms with E-state index in [0.29, 0.717) is 4.13 Å². The van der Waals surface area contributed by atoms with Crippen molar-refractivity contribution < 1.29 is 30.0 Å². The summed E-state index contributed by atoms with van der Waals surface area (Å²) < 4.78 is 20.9. The van der Waals surface area contributed by atoms with Crippen LogP contribution in [0, 0.1) is 0 Å². The summed E-state index contributed by atoms with van der Waals surface area (Å²) in [5, 5.41) is 0. The number of para-hydroxylation sites is 3. The summed E-state index contributed by atoms with van der Waals surface area (Å²) in [4.78, 5) is 0. The van der Waals surface area contributed by atoms with Crippen LogP contribution in [-0.2, 0) is 27.0 Å². The summed E-state index contributed by atoms with van der Waals surface area (Å²) in [5.41, 5.74) is 1.02. The molecular weight excluding hydrogens is 476 g/mol. The Balaban J connectivity index is 1.78. The summed E-state index contributed by atoms with van der Waals surface area (Å²) in [7, 11) is 0. The Morgan fingerprint density at radius 1 is 0.500 bits per heavy atom. The average molecular weight is 504 g/mol. The van der Waals surface area contributed by atoms with Crippen molar-refractivity contribution in [2.24, 2.45) is 0 Å². The monoisotopic (exact) mass is 502 g/mol. The van der Waals surface area contributed by atoms with Crippen molar-refractivity contribution in [2.45, 2.75) is 23.4 Å². The molecule has 0 aliphatic heterocycles. The molecule has 0 spiro atoms. The third-order valence-electron chi connectivity index (χ3n) is 5.26. The van der Waals surface area contributed by atoms with Gasteiger partial charge in [0.2, 0.25) is 0 Å². The van der Waals surface area contributed by atoms with E-state index in [1.807, 2.05) is 97.1 Å². The first-order valence-corrected chi connectivity index (χ1v) is 15.6. The van der Waals surface area contributed by atoms with Crippen LogP contribution in [0.3, 0.4) is 0 Å². The van der Waals surface area contributed by atoms with Crippen LogP contribution in [0.15, 0.2) is 121 Å². The fourth-order valence-electron chi connectivity index (χ4n) is 3.71. The Morgan fingerprint density at radius 3 is 1.16 bits per heavy atom. The molecule has 0 N–H and O–H groups in total. The molecule has 0 heterocycles. The van der Waals surface area contributed by atoms with Gasteiger partial charge in [-0.15, -0.1) is 0 Å². The maximum atomic E-state index is 6.73. The molecule has 3 nitrogen and oxygen atoms in total. The second-order valence-electron chi connectivity index (χ2n) is 8.36. The predicted octanol–water partition coefficient (Wildman–Crippen LogP) is 7.52. The van der Waals surface area contributed by atoms with Gasteiger partial charge in [0.25, 0.3) is 0 Å². The van der Waals surface area contributed by atoms with Crippen LogP contribution < -0.4 is 8.44 Å². The molecule has 0 saturated carbocycles. The maximum absolute atomic E-state index is 6.73. The van der Waals surface area contributed by atoms with Gasteiger partial charge in [0.05, 0.1) is 0 Å². The molecule has 0 aromatic heterocycles. The molecule has 0 amide bonds. The van der Waals surface area contributed by atoms with E-state index in [0.717, 1.165) is 17.2 Å². The standard InChI is InChI=1S/C10H13.3C6H6O.Zr/c1-10(2,3)9-7-5-4-6-8-9;3*7-6-4-2-1-3-5-6;/h4-8H,1H2,2-3H3;3*1-5,7H;/q;;;;+3/p-3. The van der Waals surface area contributed by atoms with Gasteiger partial charge in [-0.2, -0.15) is 0 Å². The van der Waals surface area contributed by atoms with E-state index in [1.54, 1.807) is 0 Å². The average Bonchev–Trinajstić information content (AvgIpc) is 2.81. The zero-order valence-corrected chi connectivity index (χ0v) is 20.9. The van der Waals surface area contributed by atoms with Gasteiger partial charge in [-0.25, -0.2) is 0 Å². The normalized spacial score (nSPS) is 11.6. The Morgan fingerprint density at radius 2 is 0.812 bits per heavy atom. The van der Waals surface area contributed by atoms with E-state index in [2.05, 4.69) is 38.1 Å². The molecule has 0 aliphatic carbocycles. The Hall–Kier alpha value is -2.84. The van der Waals surface area contributed by atoms with Crippen molar-refractivity contribution in [3.63, 3.8) is 0 Å². The Labute approximate surface area is 196 Å². The first kappa shape index (κ1) is 22.4. The Bertz CT molecular complexity index is 983. The minimum absolute atomic E-state index is 0.213. The van der Waals surface area contributed by atoms with Gasteiger partial charge >= 0.3 is 198 Å². The third kappa shape index (κ3) is 5.89. The third-order valence-corrected chi connectivity index (χ3v) is 12.5. The van der Waals surface area contributed by atoms with Gasteiger partial charge in [0.1, 0.15) is 0 Å². The van der Waals surface area contributed by atoms with Gasteiger partial charge in [0.15, 0.2) is 0 Å². The quantitative estimate of drug-likeness (QED) is 0.236. The van der Waals surface area contributed by atoms with Gasteiger partial charge in [-0.1, -0.05) is 0 Å². The fraction of sp³-hybridized carbons (Fsp3) is 0.143. The zero-order valence-electron chi connectivity index (χ0n) is 18.5. The van der Waals surface area contributed by atoms with Gasteiger partial charge in [-0.05, 0) is 0 Å². The van der Waals surface area contributed by atoms with Crippen molar-refractivity contribution >= 4 is 0 Å². The van der Waals surface area contributed by atoms with Crippen LogP contribution in [-0.4, -0.2) is 0 Å². The van der Waals surface area contributed by atoms with Crippen molar-refractivity contribution in [2.75, 3.05) is 0 Å². The summed E-state index contributed by atoms with van der Waals surface area (Å²) in [6, 6.07) is 40.0. The molecule has 4 heteroatoms.